The number of aryl methyl sites for hydroxylation is 3. The first-order valence-electron chi connectivity index (χ1n) is 7.60. The number of hydrogen-bond donors (Lipinski definition) is 1. The average Bonchev–Trinajstić information content (AvgIpc) is 2.49. The molecule has 2 aromatic carbocycles. The maximum Gasteiger partial charge on any atom is 0.0861 e. The Hall–Kier alpha value is -1.12. The fourth-order valence-electron chi connectivity index (χ4n) is 3.46. The number of rotatable bonds is 2. The van der Waals surface area contributed by atoms with Crippen LogP contribution >= 0.6 is 15.9 Å². The van der Waals surface area contributed by atoms with Gasteiger partial charge in [0, 0.05) is 10.4 Å². The maximum atomic E-state index is 11.0. The van der Waals surface area contributed by atoms with Crippen LogP contribution in [-0.4, -0.2) is 5.11 Å². The highest BCUT2D eigenvalue weighted by Gasteiger charge is 2.28. The summed E-state index contributed by atoms with van der Waals surface area (Å²) in [5.74, 6) is 0.217. The van der Waals surface area contributed by atoms with Crippen molar-refractivity contribution in [2.24, 2.45) is 0 Å². The van der Waals surface area contributed by atoms with Crippen LogP contribution in [0.3, 0.4) is 0 Å². The van der Waals surface area contributed by atoms with Gasteiger partial charge in [0.2, 0.25) is 0 Å². The Morgan fingerprint density at radius 3 is 2.71 bits per heavy atom. The van der Waals surface area contributed by atoms with E-state index in [2.05, 4.69) is 66.2 Å². The van der Waals surface area contributed by atoms with E-state index in [9.17, 15) is 5.11 Å². The highest BCUT2D eigenvalue weighted by Crippen LogP contribution is 2.41. The molecule has 1 nitrogen and oxygen atoms in total. The van der Waals surface area contributed by atoms with Crippen LogP contribution in [-0.2, 0) is 6.42 Å². The Bertz CT molecular complexity index is 663. The number of aliphatic hydroxyl groups is 1. The van der Waals surface area contributed by atoms with Crippen LogP contribution in [0.4, 0.5) is 0 Å². The first-order valence-corrected chi connectivity index (χ1v) is 8.39. The van der Waals surface area contributed by atoms with Crippen LogP contribution in [0.1, 0.15) is 52.7 Å². The van der Waals surface area contributed by atoms with Crippen molar-refractivity contribution in [3.05, 3.63) is 68.7 Å². The smallest absolute Gasteiger partial charge is 0.0861 e. The third kappa shape index (κ3) is 2.79. The molecule has 1 aliphatic carbocycles. The van der Waals surface area contributed by atoms with Crippen LogP contribution in [0.2, 0.25) is 0 Å². The lowest BCUT2D eigenvalue weighted by molar-refractivity contribution is 0.135. The van der Waals surface area contributed by atoms with Gasteiger partial charge in [-0.15, -0.1) is 0 Å². The number of aliphatic hydroxyl groups excluding tert-OH is 1. The Morgan fingerprint density at radius 2 is 1.90 bits per heavy atom. The van der Waals surface area contributed by atoms with Gasteiger partial charge in [-0.25, -0.2) is 0 Å². The normalized spacial score (nSPS) is 19.1. The van der Waals surface area contributed by atoms with Crippen LogP contribution < -0.4 is 0 Å². The highest BCUT2D eigenvalue weighted by atomic mass is 79.9. The molecule has 0 saturated carbocycles. The number of halogens is 1. The van der Waals surface area contributed by atoms with Crippen molar-refractivity contribution >= 4 is 15.9 Å². The lowest BCUT2D eigenvalue weighted by atomic mass is 9.77. The van der Waals surface area contributed by atoms with E-state index in [1.54, 1.807) is 0 Å². The third-order valence-corrected chi connectivity index (χ3v) is 5.52. The molecule has 1 aliphatic rings. The van der Waals surface area contributed by atoms with Crippen LogP contribution in [0, 0.1) is 13.8 Å². The zero-order valence-corrected chi connectivity index (χ0v) is 14.2. The van der Waals surface area contributed by atoms with Crippen LogP contribution in [0.5, 0.6) is 0 Å². The van der Waals surface area contributed by atoms with Gasteiger partial charge in [0.05, 0.1) is 6.10 Å². The van der Waals surface area contributed by atoms with Crippen molar-refractivity contribution in [2.75, 3.05) is 0 Å². The topological polar surface area (TPSA) is 20.2 Å². The molecular weight excluding hydrogens is 324 g/mol. The van der Waals surface area contributed by atoms with Gasteiger partial charge in [0.25, 0.3) is 0 Å². The molecule has 0 aromatic heterocycles. The lowest BCUT2D eigenvalue weighted by Crippen LogP contribution is -2.18. The fourth-order valence-corrected chi connectivity index (χ4v) is 3.92. The minimum atomic E-state index is -0.418. The van der Waals surface area contributed by atoms with E-state index < -0.39 is 6.10 Å². The highest BCUT2D eigenvalue weighted by molar-refractivity contribution is 9.10. The van der Waals surface area contributed by atoms with E-state index in [1.165, 1.54) is 16.7 Å². The zero-order chi connectivity index (χ0) is 15.0. The molecule has 1 N–H and O–H groups in total. The van der Waals surface area contributed by atoms with Gasteiger partial charge >= 0.3 is 0 Å². The van der Waals surface area contributed by atoms with E-state index in [0.717, 1.165) is 34.9 Å². The third-order valence-electron chi connectivity index (χ3n) is 4.66. The molecule has 2 atom stereocenters. The van der Waals surface area contributed by atoms with Crippen molar-refractivity contribution in [1.82, 2.24) is 0 Å². The molecule has 2 unspecified atom stereocenters. The van der Waals surface area contributed by atoms with Gasteiger partial charge in [-0.1, -0.05) is 46.3 Å². The Morgan fingerprint density at radius 1 is 1.14 bits per heavy atom. The molecule has 3 rings (SSSR count). The van der Waals surface area contributed by atoms with Crippen molar-refractivity contribution in [1.29, 1.82) is 0 Å². The molecule has 2 aromatic rings. The van der Waals surface area contributed by atoms with Gasteiger partial charge in [0.15, 0.2) is 0 Å². The van der Waals surface area contributed by atoms with Gasteiger partial charge in [0.1, 0.15) is 0 Å². The summed E-state index contributed by atoms with van der Waals surface area (Å²) < 4.78 is 1.11. The number of hydrogen-bond acceptors (Lipinski definition) is 1. The predicted molar refractivity (Wildman–Crippen MR) is 90.7 cm³/mol. The summed E-state index contributed by atoms with van der Waals surface area (Å²) in [4.78, 5) is 0. The molecule has 0 saturated heterocycles. The first-order chi connectivity index (χ1) is 10.1. The van der Waals surface area contributed by atoms with Gasteiger partial charge in [-0.2, -0.15) is 0 Å². The Balaban J connectivity index is 2.00. The van der Waals surface area contributed by atoms with Crippen molar-refractivity contribution in [2.45, 2.75) is 45.1 Å². The number of fused-ring (bicyclic) bond motifs is 1. The minimum Gasteiger partial charge on any atom is -0.388 e. The molecule has 110 valence electrons. The zero-order valence-electron chi connectivity index (χ0n) is 12.6. The summed E-state index contributed by atoms with van der Waals surface area (Å²) in [6.45, 7) is 4.16. The average molecular weight is 345 g/mol. The second-order valence-electron chi connectivity index (χ2n) is 6.10. The second kappa shape index (κ2) is 5.94. The molecule has 0 radical (unpaired) electrons. The summed E-state index contributed by atoms with van der Waals surface area (Å²) in [5, 5.41) is 11.0. The van der Waals surface area contributed by atoms with E-state index in [0.29, 0.717) is 0 Å². The fraction of sp³-hybridized carbons (Fsp3) is 0.368. The molecule has 0 heterocycles. The monoisotopic (exact) mass is 344 g/mol. The SMILES string of the molecule is Cc1cc(C(O)C2CCCc3ccccc32)c(C)cc1Br. The number of benzene rings is 2. The molecule has 0 aliphatic heterocycles. The van der Waals surface area contributed by atoms with Crippen molar-refractivity contribution in [3.8, 4) is 0 Å². The summed E-state index contributed by atoms with van der Waals surface area (Å²) >= 11 is 3.57. The van der Waals surface area contributed by atoms with E-state index in [1.807, 2.05) is 0 Å². The maximum absolute atomic E-state index is 11.0. The lowest BCUT2D eigenvalue weighted by Gasteiger charge is -2.30. The van der Waals surface area contributed by atoms with Crippen molar-refractivity contribution in [3.63, 3.8) is 0 Å². The van der Waals surface area contributed by atoms with E-state index >= 15 is 0 Å². The molecule has 2 heteroatoms. The largest absolute Gasteiger partial charge is 0.388 e. The Kier molecular flexibility index (Phi) is 4.19. The van der Waals surface area contributed by atoms with Crippen molar-refractivity contribution < 1.29 is 5.11 Å². The summed E-state index contributed by atoms with van der Waals surface area (Å²) in [5.41, 5.74) is 6.13. The standard InChI is InChI=1S/C19H21BrO/c1-12-11-18(20)13(2)10-17(12)19(21)16-9-5-7-14-6-3-4-8-15(14)16/h3-4,6,8,10-11,16,19,21H,5,7,9H2,1-2H3. The van der Waals surface area contributed by atoms with Gasteiger partial charge in [-0.3, -0.25) is 0 Å². The minimum absolute atomic E-state index is 0.217. The Labute approximate surface area is 135 Å². The molecule has 0 spiro atoms. The van der Waals surface area contributed by atoms with Gasteiger partial charge in [-0.05, 0) is 67.0 Å². The second-order valence-corrected chi connectivity index (χ2v) is 6.95. The van der Waals surface area contributed by atoms with E-state index in [4.69, 9.17) is 0 Å². The molecule has 0 amide bonds. The van der Waals surface area contributed by atoms with E-state index in [-0.39, 0.29) is 5.92 Å². The van der Waals surface area contributed by atoms with Crippen LogP contribution in [0.25, 0.3) is 0 Å². The molecule has 21 heavy (non-hydrogen) atoms. The summed E-state index contributed by atoms with van der Waals surface area (Å²) in [6, 6.07) is 12.8. The molecule has 0 fully saturated rings. The molecular formula is C19H21BrO. The summed E-state index contributed by atoms with van der Waals surface area (Å²) in [6.07, 6.45) is 2.94. The van der Waals surface area contributed by atoms with Gasteiger partial charge < -0.3 is 5.11 Å². The molecule has 0 bridgehead atoms. The summed E-state index contributed by atoms with van der Waals surface area (Å²) in [7, 11) is 0. The first kappa shape index (κ1) is 14.8. The van der Waals surface area contributed by atoms with Crippen LogP contribution in [0.15, 0.2) is 40.9 Å². The quantitative estimate of drug-likeness (QED) is 0.791. The predicted octanol–water partition coefficient (Wildman–Crippen LogP) is 5.22.